The van der Waals surface area contributed by atoms with Crippen LogP contribution < -0.4 is 0 Å². The molecule has 3 fully saturated rings. The Labute approximate surface area is 255 Å². The van der Waals surface area contributed by atoms with E-state index in [0.29, 0.717) is 18.5 Å². The smallest absolute Gasteiger partial charge is 0.409 e. The van der Waals surface area contributed by atoms with Gasteiger partial charge in [-0.15, -0.1) is 0 Å². The molecule has 3 saturated carbocycles. The highest BCUT2D eigenvalue weighted by Gasteiger charge is 2.58. The number of allylic oxidation sites excluding steroid dienone is 1. The van der Waals surface area contributed by atoms with Gasteiger partial charge in [-0.25, -0.2) is 4.79 Å². The van der Waals surface area contributed by atoms with Gasteiger partial charge >= 0.3 is 12.1 Å². The number of carbonyl (C=O) groups is 3. The number of fused-ring (bicyclic) bond motifs is 5. The second-order valence-electron chi connectivity index (χ2n) is 15.0. The van der Waals surface area contributed by atoms with Crippen molar-refractivity contribution in [2.24, 2.45) is 40.4 Å². The molecule has 0 spiro atoms. The molecule has 0 aromatic rings. The predicted octanol–water partition coefficient (Wildman–Crippen LogP) is 7.24. The fourth-order valence-electron chi connectivity index (χ4n) is 9.33. The van der Waals surface area contributed by atoms with Crippen molar-refractivity contribution in [1.29, 1.82) is 0 Å². The van der Waals surface area contributed by atoms with E-state index in [9.17, 15) is 14.4 Å². The second kappa shape index (κ2) is 13.7. The summed E-state index contributed by atoms with van der Waals surface area (Å²) in [6, 6.07) is 0. The molecule has 0 radical (unpaired) electrons. The van der Waals surface area contributed by atoms with Crippen molar-refractivity contribution in [3.63, 3.8) is 0 Å². The van der Waals surface area contributed by atoms with Crippen molar-refractivity contribution in [3.05, 3.63) is 11.6 Å². The number of carbonyl (C=O) groups excluding carboxylic acids is 3. The molecule has 42 heavy (non-hydrogen) atoms. The Morgan fingerprint density at radius 3 is 2.43 bits per heavy atom. The Hall–Kier alpha value is -2.05. The SMILES string of the molecule is COC(=O)CC(=O)N(C)CCN(C)C(=O)O[C@H]1CC[C@@]2(C)C(=CC[C@H]3[C@@H]4CC[C@H](CCCCC(C)C)[C@@]4(C)CC[C@@H]32)C1. The van der Waals surface area contributed by atoms with Crippen LogP contribution in [0.4, 0.5) is 4.79 Å². The van der Waals surface area contributed by atoms with Crippen LogP contribution in [-0.4, -0.2) is 68.2 Å². The molecule has 4 rings (SSSR count). The standard InChI is InChI=1S/C35H58N2O5/c1-24(2)10-8-9-11-25-13-15-29-28-14-12-26-22-27(16-18-35(26,4)30(28)17-19-34(25,29)3)42-33(40)37(6)21-20-36(5)31(38)23-32(39)41-7/h12,24-25,27-30H,8-11,13-23H2,1-7H3/t25-,27-,28-,29-,30-,34+,35-/m0/s1. The lowest BCUT2D eigenvalue weighted by Gasteiger charge is -2.58. The van der Waals surface area contributed by atoms with Gasteiger partial charge in [0.15, 0.2) is 0 Å². The molecule has 0 N–H and O–H groups in total. The lowest BCUT2D eigenvalue weighted by atomic mass is 9.47. The van der Waals surface area contributed by atoms with Gasteiger partial charge < -0.3 is 19.3 Å². The van der Waals surface area contributed by atoms with Crippen LogP contribution in [-0.2, 0) is 19.1 Å². The van der Waals surface area contributed by atoms with Crippen molar-refractivity contribution in [2.75, 3.05) is 34.3 Å². The van der Waals surface area contributed by atoms with E-state index < -0.39 is 5.97 Å². The molecule has 0 bridgehead atoms. The van der Waals surface area contributed by atoms with E-state index in [2.05, 4.69) is 38.5 Å². The monoisotopic (exact) mass is 586 g/mol. The molecule has 7 atom stereocenters. The quantitative estimate of drug-likeness (QED) is 0.110. The number of hydrogen-bond donors (Lipinski definition) is 0. The van der Waals surface area contributed by atoms with Gasteiger partial charge in [0.2, 0.25) is 5.91 Å². The summed E-state index contributed by atoms with van der Waals surface area (Å²) < 4.78 is 10.6. The van der Waals surface area contributed by atoms with E-state index in [0.717, 1.165) is 48.9 Å². The van der Waals surface area contributed by atoms with E-state index >= 15 is 0 Å². The largest absolute Gasteiger partial charge is 0.469 e. The average Bonchev–Trinajstić information content (AvgIpc) is 3.29. The molecule has 7 heteroatoms. The Balaban J connectivity index is 1.29. The molecule has 0 unspecified atom stereocenters. The first-order valence-electron chi connectivity index (χ1n) is 16.8. The average molecular weight is 587 g/mol. The third kappa shape index (κ3) is 7.01. The number of ether oxygens (including phenoxy) is 2. The summed E-state index contributed by atoms with van der Waals surface area (Å²) in [4.78, 5) is 39.4. The zero-order valence-corrected chi connectivity index (χ0v) is 27.6. The molecule has 0 heterocycles. The van der Waals surface area contributed by atoms with E-state index in [1.165, 1.54) is 80.3 Å². The molecule has 7 nitrogen and oxygen atoms in total. The summed E-state index contributed by atoms with van der Waals surface area (Å²) >= 11 is 0. The lowest BCUT2D eigenvalue weighted by Crippen LogP contribution is -2.50. The van der Waals surface area contributed by atoms with Crippen LogP contribution in [0, 0.1) is 40.4 Å². The number of likely N-dealkylation sites (N-methyl/N-ethyl adjacent to an activating group) is 2. The highest BCUT2D eigenvalue weighted by Crippen LogP contribution is 2.66. The number of amides is 2. The van der Waals surface area contributed by atoms with Crippen LogP contribution in [0.1, 0.15) is 111 Å². The van der Waals surface area contributed by atoms with Gasteiger partial charge in [0.05, 0.1) is 7.11 Å². The highest BCUT2D eigenvalue weighted by molar-refractivity contribution is 5.94. The summed E-state index contributed by atoms with van der Waals surface area (Å²) in [5.41, 5.74) is 2.28. The predicted molar refractivity (Wildman–Crippen MR) is 166 cm³/mol. The molecule has 2 amide bonds. The van der Waals surface area contributed by atoms with E-state index in [1.54, 1.807) is 14.1 Å². The van der Waals surface area contributed by atoms with Crippen LogP contribution in [0.15, 0.2) is 11.6 Å². The summed E-state index contributed by atoms with van der Waals surface area (Å²) in [7, 11) is 4.60. The Kier molecular flexibility index (Phi) is 10.7. The van der Waals surface area contributed by atoms with Gasteiger partial charge in [-0.05, 0) is 91.8 Å². The third-order valence-corrected chi connectivity index (χ3v) is 12.1. The highest BCUT2D eigenvalue weighted by atomic mass is 16.6. The van der Waals surface area contributed by atoms with Gasteiger partial charge in [0, 0.05) is 33.6 Å². The maximum Gasteiger partial charge on any atom is 0.409 e. The fraction of sp³-hybridized carbons (Fsp3) is 0.857. The minimum Gasteiger partial charge on any atom is -0.469 e. The minimum atomic E-state index is -0.561. The van der Waals surface area contributed by atoms with Crippen LogP contribution >= 0.6 is 0 Å². The normalized spacial score (nSPS) is 33.6. The first-order chi connectivity index (χ1) is 19.9. The van der Waals surface area contributed by atoms with Crippen molar-refractivity contribution >= 4 is 18.0 Å². The van der Waals surface area contributed by atoms with Gasteiger partial charge in [-0.2, -0.15) is 0 Å². The second-order valence-corrected chi connectivity index (χ2v) is 15.0. The molecule has 0 aromatic heterocycles. The van der Waals surface area contributed by atoms with Crippen LogP contribution in [0.2, 0.25) is 0 Å². The molecule has 0 aliphatic heterocycles. The zero-order chi connectivity index (χ0) is 30.7. The Morgan fingerprint density at radius 1 is 0.976 bits per heavy atom. The van der Waals surface area contributed by atoms with Gasteiger partial charge in [-0.3, -0.25) is 9.59 Å². The van der Waals surface area contributed by atoms with Crippen molar-refractivity contribution in [2.45, 2.75) is 117 Å². The van der Waals surface area contributed by atoms with Crippen molar-refractivity contribution < 1.29 is 23.9 Å². The zero-order valence-electron chi connectivity index (χ0n) is 27.6. The summed E-state index contributed by atoms with van der Waals surface area (Å²) in [5, 5.41) is 0. The van der Waals surface area contributed by atoms with Crippen molar-refractivity contribution in [3.8, 4) is 0 Å². The number of rotatable bonds is 11. The third-order valence-electron chi connectivity index (χ3n) is 12.1. The molecular weight excluding hydrogens is 528 g/mol. The van der Waals surface area contributed by atoms with Gasteiger partial charge in [0.25, 0.3) is 0 Å². The molecule has 4 aliphatic carbocycles. The topological polar surface area (TPSA) is 76.2 Å². The van der Waals surface area contributed by atoms with E-state index in [1.807, 2.05) is 0 Å². The van der Waals surface area contributed by atoms with Gasteiger partial charge in [-0.1, -0.05) is 58.6 Å². The van der Waals surface area contributed by atoms with Crippen LogP contribution in [0.25, 0.3) is 0 Å². The first kappa shape index (κ1) is 32.9. The number of nitrogens with zero attached hydrogens (tertiary/aromatic N) is 2. The number of unbranched alkanes of at least 4 members (excludes halogenated alkanes) is 1. The maximum absolute atomic E-state index is 12.9. The summed E-state index contributed by atoms with van der Waals surface area (Å²) in [6.07, 6.45) is 17.0. The minimum absolute atomic E-state index is 0.0925. The Morgan fingerprint density at radius 2 is 1.71 bits per heavy atom. The van der Waals surface area contributed by atoms with Crippen LogP contribution in [0.3, 0.4) is 0 Å². The van der Waals surface area contributed by atoms with Crippen LogP contribution in [0.5, 0.6) is 0 Å². The molecular formula is C35H58N2O5. The van der Waals surface area contributed by atoms with Gasteiger partial charge in [0.1, 0.15) is 12.5 Å². The first-order valence-corrected chi connectivity index (χ1v) is 16.8. The molecule has 0 saturated heterocycles. The fourth-order valence-corrected chi connectivity index (χ4v) is 9.33. The van der Waals surface area contributed by atoms with E-state index in [-0.39, 0.29) is 29.9 Å². The Bertz CT molecular complexity index is 1010. The number of esters is 1. The number of methoxy groups -OCH3 is 1. The summed E-state index contributed by atoms with van der Waals surface area (Å²) in [5.74, 6) is 3.27. The molecule has 0 aromatic carbocycles. The van der Waals surface area contributed by atoms with Crippen molar-refractivity contribution in [1.82, 2.24) is 9.80 Å². The molecule has 4 aliphatic rings. The maximum atomic E-state index is 12.9. The number of hydrogen-bond acceptors (Lipinski definition) is 5. The summed E-state index contributed by atoms with van der Waals surface area (Å²) in [6.45, 7) is 10.5. The lowest BCUT2D eigenvalue weighted by molar-refractivity contribution is -0.146. The molecule has 238 valence electrons. The van der Waals surface area contributed by atoms with E-state index in [4.69, 9.17) is 4.74 Å².